The highest BCUT2D eigenvalue weighted by Gasteiger charge is 2.00. The SMILES string of the molecule is C.C/C=C\c1cnc(N)nc1NC=O. The molecule has 0 unspecified atom stereocenters. The lowest BCUT2D eigenvalue weighted by atomic mass is 10.3. The van der Waals surface area contributed by atoms with Crippen LogP contribution in [0.2, 0.25) is 0 Å². The topological polar surface area (TPSA) is 80.9 Å². The molecule has 0 radical (unpaired) electrons. The van der Waals surface area contributed by atoms with E-state index < -0.39 is 0 Å². The molecule has 5 heteroatoms. The molecule has 1 aromatic rings. The summed E-state index contributed by atoms with van der Waals surface area (Å²) >= 11 is 0. The van der Waals surface area contributed by atoms with Crippen LogP contribution in [0.5, 0.6) is 0 Å². The highest BCUT2D eigenvalue weighted by molar-refractivity contribution is 5.75. The van der Waals surface area contributed by atoms with Gasteiger partial charge in [-0.05, 0) is 6.92 Å². The Morgan fingerprint density at radius 3 is 2.86 bits per heavy atom. The third kappa shape index (κ3) is 2.85. The minimum Gasteiger partial charge on any atom is -0.368 e. The van der Waals surface area contributed by atoms with Crippen LogP contribution in [0.3, 0.4) is 0 Å². The van der Waals surface area contributed by atoms with Gasteiger partial charge in [-0.1, -0.05) is 19.6 Å². The van der Waals surface area contributed by atoms with Crippen LogP contribution in [-0.4, -0.2) is 16.4 Å². The molecule has 1 amide bonds. The number of allylic oxidation sites excluding steroid dienone is 1. The minimum absolute atomic E-state index is 0. The smallest absolute Gasteiger partial charge is 0.221 e. The van der Waals surface area contributed by atoms with E-state index in [4.69, 9.17) is 5.73 Å². The van der Waals surface area contributed by atoms with E-state index in [1.165, 1.54) is 0 Å². The lowest BCUT2D eigenvalue weighted by Gasteiger charge is -2.02. The molecule has 0 aliphatic rings. The fourth-order valence-electron chi connectivity index (χ4n) is 0.878. The van der Waals surface area contributed by atoms with Gasteiger partial charge in [0.05, 0.1) is 0 Å². The molecule has 3 N–H and O–H groups in total. The summed E-state index contributed by atoms with van der Waals surface area (Å²) in [5, 5.41) is 2.44. The molecule has 1 rings (SSSR count). The highest BCUT2D eigenvalue weighted by Crippen LogP contribution is 2.13. The second-order valence-corrected chi connectivity index (χ2v) is 2.29. The second kappa shape index (κ2) is 5.69. The molecule has 1 heterocycles. The third-order valence-corrected chi connectivity index (χ3v) is 1.38. The molecular formula is C9H14N4O. The van der Waals surface area contributed by atoms with Gasteiger partial charge in [0.25, 0.3) is 0 Å². The van der Waals surface area contributed by atoms with Gasteiger partial charge < -0.3 is 11.1 Å². The summed E-state index contributed by atoms with van der Waals surface area (Å²) in [4.78, 5) is 17.9. The van der Waals surface area contributed by atoms with Gasteiger partial charge in [-0.25, -0.2) is 4.98 Å². The standard InChI is InChI=1S/C8H10N4O.CH4/c1-2-3-6-4-10-8(9)12-7(6)11-5-13;/h2-5H,1H3,(H3,9,10,11,12,13);1H4/b3-2-;. The van der Waals surface area contributed by atoms with Gasteiger partial charge in [-0.2, -0.15) is 4.98 Å². The lowest BCUT2D eigenvalue weighted by molar-refractivity contribution is -0.105. The van der Waals surface area contributed by atoms with E-state index in [1.807, 2.05) is 13.0 Å². The Morgan fingerprint density at radius 2 is 2.29 bits per heavy atom. The van der Waals surface area contributed by atoms with Crippen molar-refractivity contribution < 1.29 is 4.79 Å². The number of rotatable bonds is 3. The zero-order chi connectivity index (χ0) is 9.68. The van der Waals surface area contributed by atoms with Crippen molar-refractivity contribution in [3.8, 4) is 0 Å². The molecule has 0 aliphatic heterocycles. The first-order valence-electron chi connectivity index (χ1n) is 3.73. The van der Waals surface area contributed by atoms with Gasteiger partial charge in [0.1, 0.15) is 5.82 Å². The molecule has 0 spiro atoms. The third-order valence-electron chi connectivity index (χ3n) is 1.38. The zero-order valence-electron chi connectivity index (χ0n) is 7.19. The minimum atomic E-state index is 0. The van der Waals surface area contributed by atoms with Crippen molar-refractivity contribution in [1.82, 2.24) is 9.97 Å². The van der Waals surface area contributed by atoms with Crippen molar-refractivity contribution in [2.24, 2.45) is 0 Å². The first-order chi connectivity index (χ1) is 6.27. The van der Waals surface area contributed by atoms with E-state index in [9.17, 15) is 4.79 Å². The molecule has 0 aromatic carbocycles. The van der Waals surface area contributed by atoms with Gasteiger partial charge >= 0.3 is 0 Å². The summed E-state index contributed by atoms with van der Waals surface area (Å²) in [6.45, 7) is 1.86. The quantitative estimate of drug-likeness (QED) is 0.710. The number of aromatic nitrogens is 2. The molecule has 14 heavy (non-hydrogen) atoms. The van der Waals surface area contributed by atoms with Crippen LogP contribution in [0.1, 0.15) is 19.9 Å². The summed E-state index contributed by atoms with van der Waals surface area (Å²) in [6, 6.07) is 0. The summed E-state index contributed by atoms with van der Waals surface area (Å²) < 4.78 is 0. The summed E-state index contributed by atoms with van der Waals surface area (Å²) in [6.07, 6.45) is 5.71. The number of nitrogens with two attached hydrogens (primary N) is 1. The van der Waals surface area contributed by atoms with E-state index in [2.05, 4.69) is 15.3 Å². The highest BCUT2D eigenvalue weighted by atomic mass is 16.1. The lowest BCUT2D eigenvalue weighted by Crippen LogP contribution is -2.03. The molecule has 1 aromatic heterocycles. The summed E-state index contributed by atoms with van der Waals surface area (Å²) in [5.41, 5.74) is 6.08. The number of anilines is 2. The number of amides is 1. The van der Waals surface area contributed by atoms with E-state index >= 15 is 0 Å². The Hall–Kier alpha value is -1.91. The Morgan fingerprint density at radius 1 is 1.57 bits per heavy atom. The van der Waals surface area contributed by atoms with Crippen LogP contribution in [0.4, 0.5) is 11.8 Å². The summed E-state index contributed by atoms with van der Waals surface area (Å²) in [7, 11) is 0. The second-order valence-electron chi connectivity index (χ2n) is 2.29. The molecule has 0 saturated carbocycles. The van der Waals surface area contributed by atoms with Crippen LogP contribution in [0, 0.1) is 0 Å². The molecule has 5 nitrogen and oxygen atoms in total. The molecule has 0 saturated heterocycles. The predicted molar refractivity (Wildman–Crippen MR) is 57.6 cm³/mol. The van der Waals surface area contributed by atoms with Crippen LogP contribution >= 0.6 is 0 Å². The maximum atomic E-state index is 10.2. The van der Waals surface area contributed by atoms with Gasteiger partial charge in [0.15, 0.2) is 0 Å². The van der Waals surface area contributed by atoms with Crippen molar-refractivity contribution in [3.63, 3.8) is 0 Å². The Bertz CT molecular complexity index is 336. The number of hydrogen-bond donors (Lipinski definition) is 2. The molecule has 0 aliphatic carbocycles. The summed E-state index contributed by atoms with van der Waals surface area (Å²) in [5.74, 6) is 0.554. The van der Waals surface area contributed by atoms with Gasteiger partial charge in [0, 0.05) is 11.8 Å². The van der Waals surface area contributed by atoms with Crippen molar-refractivity contribution >= 4 is 24.3 Å². The first kappa shape index (κ1) is 12.1. The van der Waals surface area contributed by atoms with Gasteiger partial charge in [0.2, 0.25) is 12.4 Å². The predicted octanol–water partition coefficient (Wildman–Crippen LogP) is 1.30. The van der Waals surface area contributed by atoms with Crippen LogP contribution in [0.15, 0.2) is 12.3 Å². The average molecular weight is 194 g/mol. The van der Waals surface area contributed by atoms with Gasteiger partial charge in [-0.15, -0.1) is 0 Å². The number of hydrogen-bond acceptors (Lipinski definition) is 4. The van der Waals surface area contributed by atoms with Gasteiger partial charge in [-0.3, -0.25) is 4.79 Å². The number of nitrogen functional groups attached to an aromatic ring is 1. The van der Waals surface area contributed by atoms with Crippen molar-refractivity contribution in [2.45, 2.75) is 14.4 Å². The van der Waals surface area contributed by atoms with Crippen LogP contribution in [0.25, 0.3) is 6.08 Å². The Balaban J connectivity index is 0.00000169. The largest absolute Gasteiger partial charge is 0.368 e. The normalized spacial score (nSPS) is 9.50. The monoisotopic (exact) mass is 194 g/mol. The van der Waals surface area contributed by atoms with E-state index in [-0.39, 0.29) is 13.4 Å². The molecule has 0 fully saturated rings. The molecule has 0 atom stereocenters. The maximum absolute atomic E-state index is 10.2. The van der Waals surface area contributed by atoms with Crippen molar-refractivity contribution in [3.05, 3.63) is 17.8 Å². The Labute approximate surface area is 83.1 Å². The van der Waals surface area contributed by atoms with E-state index in [0.29, 0.717) is 12.2 Å². The average Bonchev–Trinajstić information content (AvgIpc) is 2.10. The van der Waals surface area contributed by atoms with Crippen molar-refractivity contribution in [2.75, 3.05) is 11.1 Å². The number of carbonyl (C=O) groups excluding carboxylic acids is 1. The van der Waals surface area contributed by atoms with Crippen LogP contribution in [-0.2, 0) is 4.79 Å². The number of nitrogens with zero attached hydrogens (tertiary/aromatic N) is 2. The molecule has 76 valence electrons. The van der Waals surface area contributed by atoms with Crippen LogP contribution < -0.4 is 11.1 Å². The Kier molecular flexibility index (Phi) is 4.91. The number of nitrogens with one attached hydrogen (secondary N) is 1. The first-order valence-corrected chi connectivity index (χ1v) is 3.73. The molecular weight excluding hydrogens is 180 g/mol. The maximum Gasteiger partial charge on any atom is 0.221 e. The fraction of sp³-hybridized carbons (Fsp3) is 0.222. The molecule has 0 bridgehead atoms. The fourth-order valence-corrected chi connectivity index (χ4v) is 0.878. The van der Waals surface area contributed by atoms with E-state index in [0.717, 1.165) is 5.56 Å². The van der Waals surface area contributed by atoms with Crippen molar-refractivity contribution in [1.29, 1.82) is 0 Å². The number of carbonyl (C=O) groups is 1. The van der Waals surface area contributed by atoms with E-state index in [1.54, 1.807) is 12.3 Å². The zero-order valence-corrected chi connectivity index (χ0v) is 7.19.